The van der Waals surface area contributed by atoms with Gasteiger partial charge in [-0.25, -0.2) is 0 Å². The molecule has 190 valence electrons. The Hall–Kier alpha value is -4.53. The fourth-order valence-electron chi connectivity index (χ4n) is 4.24. The molecule has 0 bridgehead atoms. The summed E-state index contributed by atoms with van der Waals surface area (Å²) >= 11 is 0. The highest BCUT2D eigenvalue weighted by Gasteiger charge is 2.35. The van der Waals surface area contributed by atoms with Gasteiger partial charge < -0.3 is 29.7 Å². The van der Waals surface area contributed by atoms with Gasteiger partial charge in [-0.05, 0) is 47.5 Å². The molecule has 0 unspecified atom stereocenters. The van der Waals surface area contributed by atoms with Crippen molar-refractivity contribution in [2.75, 3.05) is 24.8 Å². The predicted octanol–water partition coefficient (Wildman–Crippen LogP) is 2.78. The van der Waals surface area contributed by atoms with Gasteiger partial charge in [0, 0.05) is 31.7 Å². The number of hydrogen-bond acceptors (Lipinski definition) is 6. The number of nitrogens with zero attached hydrogens (tertiary/aromatic N) is 1. The van der Waals surface area contributed by atoms with E-state index in [9.17, 15) is 14.4 Å². The van der Waals surface area contributed by atoms with E-state index in [0.717, 1.165) is 11.1 Å². The number of fused-ring (bicyclic) bond motifs is 1. The van der Waals surface area contributed by atoms with Gasteiger partial charge in [-0.1, -0.05) is 36.4 Å². The van der Waals surface area contributed by atoms with Crippen LogP contribution in [0, 0.1) is 5.92 Å². The van der Waals surface area contributed by atoms with Crippen LogP contribution >= 0.6 is 0 Å². The molecule has 9 nitrogen and oxygen atoms in total. The summed E-state index contributed by atoms with van der Waals surface area (Å²) in [6.07, 6.45) is 0.146. The Morgan fingerprint density at radius 3 is 2.46 bits per heavy atom. The number of amides is 3. The standard InChI is InChI=1S/C28H27N3O6/c32-26(29-14-19-4-2-1-3-5-19)17-35-23-9-7-22(8-10-23)31-16-21(13-27(31)33)28(34)30-15-20-6-11-24-25(12-20)37-18-36-24/h1-12,21H,13-18H2,(H,29,32)(H,30,34)/t21-/m1/s1. The number of anilines is 1. The van der Waals surface area contributed by atoms with Crippen molar-refractivity contribution in [1.29, 1.82) is 0 Å². The fourth-order valence-corrected chi connectivity index (χ4v) is 4.24. The van der Waals surface area contributed by atoms with E-state index in [1.54, 1.807) is 29.2 Å². The van der Waals surface area contributed by atoms with Crippen LogP contribution in [0.1, 0.15) is 17.5 Å². The Labute approximate surface area is 214 Å². The third kappa shape index (κ3) is 6.00. The summed E-state index contributed by atoms with van der Waals surface area (Å²) in [6.45, 7) is 1.16. The maximum absolute atomic E-state index is 12.7. The molecule has 1 fully saturated rings. The Bertz CT molecular complexity index is 1280. The molecule has 3 aromatic carbocycles. The second-order valence-electron chi connectivity index (χ2n) is 8.86. The first-order valence-corrected chi connectivity index (χ1v) is 12.1. The Balaban J connectivity index is 1.08. The van der Waals surface area contributed by atoms with Crippen LogP contribution in [0.2, 0.25) is 0 Å². The zero-order valence-electron chi connectivity index (χ0n) is 20.1. The summed E-state index contributed by atoms with van der Waals surface area (Å²) in [4.78, 5) is 39.0. The molecule has 1 atom stereocenters. The highest BCUT2D eigenvalue weighted by Crippen LogP contribution is 2.32. The van der Waals surface area contributed by atoms with Gasteiger partial charge in [-0.3, -0.25) is 14.4 Å². The van der Waals surface area contributed by atoms with Gasteiger partial charge in [0.2, 0.25) is 18.6 Å². The third-order valence-corrected chi connectivity index (χ3v) is 6.25. The summed E-state index contributed by atoms with van der Waals surface area (Å²) in [6, 6.07) is 22.1. The largest absolute Gasteiger partial charge is 0.484 e. The molecule has 0 spiro atoms. The Morgan fingerprint density at radius 2 is 1.65 bits per heavy atom. The number of carbonyl (C=O) groups excluding carboxylic acids is 3. The minimum Gasteiger partial charge on any atom is -0.484 e. The highest BCUT2D eigenvalue weighted by molar-refractivity contribution is 6.00. The molecule has 0 aliphatic carbocycles. The Kier molecular flexibility index (Phi) is 7.21. The molecule has 9 heteroatoms. The van der Waals surface area contributed by atoms with Gasteiger partial charge in [-0.2, -0.15) is 0 Å². The molecule has 37 heavy (non-hydrogen) atoms. The van der Waals surface area contributed by atoms with E-state index in [4.69, 9.17) is 14.2 Å². The summed E-state index contributed by atoms with van der Waals surface area (Å²) < 4.78 is 16.2. The molecule has 1 saturated heterocycles. The first-order valence-electron chi connectivity index (χ1n) is 12.1. The van der Waals surface area contributed by atoms with Crippen LogP contribution in [-0.4, -0.2) is 37.7 Å². The summed E-state index contributed by atoms with van der Waals surface area (Å²) in [5.74, 6) is 0.919. The van der Waals surface area contributed by atoms with E-state index in [1.165, 1.54) is 0 Å². The maximum Gasteiger partial charge on any atom is 0.258 e. The molecule has 3 aromatic rings. The Morgan fingerprint density at radius 1 is 0.892 bits per heavy atom. The minimum atomic E-state index is -0.439. The van der Waals surface area contributed by atoms with Crippen molar-refractivity contribution in [2.45, 2.75) is 19.5 Å². The SMILES string of the molecule is O=C(COc1ccc(N2C[C@H](C(=O)NCc3ccc4c(c3)OCO4)CC2=O)cc1)NCc1ccccc1. The lowest BCUT2D eigenvalue weighted by molar-refractivity contribution is -0.126. The number of benzene rings is 3. The smallest absolute Gasteiger partial charge is 0.258 e. The van der Waals surface area contributed by atoms with E-state index in [2.05, 4.69) is 10.6 Å². The van der Waals surface area contributed by atoms with Crippen LogP contribution in [-0.2, 0) is 27.5 Å². The zero-order valence-corrected chi connectivity index (χ0v) is 20.1. The third-order valence-electron chi connectivity index (χ3n) is 6.25. The molecular formula is C28H27N3O6. The second kappa shape index (κ2) is 11.0. The monoisotopic (exact) mass is 501 g/mol. The van der Waals surface area contributed by atoms with Gasteiger partial charge in [0.1, 0.15) is 5.75 Å². The topological polar surface area (TPSA) is 106 Å². The first kappa shape index (κ1) is 24.2. The van der Waals surface area contributed by atoms with Crippen LogP contribution in [0.5, 0.6) is 17.2 Å². The van der Waals surface area contributed by atoms with Crippen molar-refractivity contribution in [3.05, 3.63) is 83.9 Å². The molecule has 0 saturated carbocycles. The lowest BCUT2D eigenvalue weighted by Crippen LogP contribution is -2.32. The molecule has 2 aliphatic heterocycles. The molecule has 0 radical (unpaired) electrons. The fraction of sp³-hybridized carbons (Fsp3) is 0.250. The van der Waals surface area contributed by atoms with E-state index in [-0.39, 0.29) is 37.5 Å². The number of carbonyl (C=O) groups is 3. The van der Waals surface area contributed by atoms with Gasteiger partial charge in [0.15, 0.2) is 18.1 Å². The zero-order chi connectivity index (χ0) is 25.6. The van der Waals surface area contributed by atoms with Gasteiger partial charge in [0.05, 0.1) is 5.92 Å². The van der Waals surface area contributed by atoms with Crippen LogP contribution in [0.25, 0.3) is 0 Å². The predicted molar refractivity (Wildman–Crippen MR) is 135 cm³/mol. The van der Waals surface area contributed by atoms with Crippen LogP contribution in [0.3, 0.4) is 0 Å². The molecule has 3 amide bonds. The number of rotatable bonds is 9. The van der Waals surface area contributed by atoms with Gasteiger partial charge >= 0.3 is 0 Å². The van der Waals surface area contributed by atoms with Crippen molar-refractivity contribution >= 4 is 23.4 Å². The van der Waals surface area contributed by atoms with Crippen molar-refractivity contribution in [3.8, 4) is 17.2 Å². The first-order chi connectivity index (χ1) is 18.0. The lowest BCUT2D eigenvalue weighted by atomic mass is 10.1. The number of ether oxygens (including phenoxy) is 3. The highest BCUT2D eigenvalue weighted by atomic mass is 16.7. The maximum atomic E-state index is 12.7. The number of hydrogen-bond donors (Lipinski definition) is 2. The molecule has 5 rings (SSSR count). The minimum absolute atomic E-state index is 0.111. The van der Waals surface area contributed by atoms with Crippen molar-refractivity contribution in [2.24, 2.45) is 5.92 Å². The van der Waals surface area contributed by atoms with Crippen molar-refractivity contribution in [3.63, 3.8) is 0 Å². The van der Waals surface area contributed by atoms with E-state index >= 15 is 0 Å². The lowest BCUT2D eigenvalue weighted by Gasteiger charge is -2.17. The van der Waals surface area contributed by atoms with E-state index in [0.29, 0.717) is 42.6 Å². The molecule has 2 heterocycles. The normalized spacial score (nSPS) is 15.9. The quantitative estimate of drug-likeness (QED) is 0.467. The van der Waals surface area contributed by atoms with E-state index < -0.39 is 5.92 Å². The summed E-state index contributed by atoms with van der Waals surface area (Å²) in [5, 5.41) is 5.72. The van der Waals surface area contributed by atoms with Crippen molar-refractivity contribution < 1.29 is 28.6 Å². The molecule has 0 aromatic heterocycles. The van der Waals surface area contributed by atoms with Crippen LogP contribution in [0.15, 0.2) is 72.8 Å². The summed E-state index contributed by atoms with van der Waals surface area (Å²) in [7, 11) is 0. The molecule has 2 aliphatic rings. The average molecular weight is 502 g/mol. The van der Waals surface area contributed by atoms with E-state index in [1.807, 2.05) is 48.5 Å². The van der Waals surface area contributed by atoms with Gasteiger partial charge in [0.25, 0.3) is 5.91 Å². The number of nitrogens with one attached hydrogen (secondary N) is 2. The van der Waals surface area contributed by atoms with Crippen LogP contribution in [0.4, 0.5) is 5.69 Å². The molecular weight excluding hydrogens is 474 g/mol. The van der Waals surface area contributed by atoms with Crippen LogP contribution < -0.4 is 29.7 Å². The van der Waals surface area contributed by atoms with Crippen molar-refractivity contribution in [1.82, 2.24) is 10.6 Å². The average Bonchev–Trinajstić information content (AvgIpc) is 3.56. The van der Waals surface area contributed by atoms with Gasteiger partial charge in [-0.15, -0.1) is 0 Å². The second-order valence-corrected chi connectivity index (χ2v) is 8.86. The molecule has 2 N–H and O–H groups in total. The summed E-state index contributed by atoms with van der Waals surface area (Å²) in [5.41, 5.74) is 2.58.